The van der Waals surface area contributed by atoms with Crippen LogP contribution in [-0.2, 0) is 27.0 Å². The van der Waals surface area contributed by atoms with Crippen LogP contribution in [0.3, 0.4) is 0 Å². The van der Waals surface area contributed by atoms with Crippen LogP contribution in [0.1, 0.15) is 67.8 Å². The lowest BCUT2D eigenvalue weighted by Crippen LogP contribution is -2.62. The van der Waals surface area contributed by atoms with E-state index < -0.39 is 105 Å². The number of hydrogen-bond acceptors (Lipinski definition) is 8. The number of ketones is 2. The number of nitrogens with one attached hydrogen (secondary N) is 1. The Bertz CT molecular complexity index is 1390. The molecule has 2 fully saturated rings. The first kappa shape index (κ1) is 28.2. The molecule has 0 radical (unpaired) electrons. The van der Waals surface area contributed by atoms with Crippen molar-refractivity contribution in [3.63, 3.8) is 0 Å². The van der Waals surface area contributed by atoms with E-state index in [1.165, 1.54) is 0 Å². The lowest BCUT2D eigenvalue weighted by molar-refractivity contribution is -0.155. The number of halogens is 3. The minimum Gasteiger partial charge on any atom is -0.508 e. The molecule has 12 heteroatoms. The van der Waals surface area contributed by atoms with Gasteiger partial charge in [-0.05, 0) is 61.3 Å². The van der Waals surface area contributed by atoms with Crippen molar-refractivity contribution >= 4 is 23.2 Å². The van der Waals surface area contributed by atoms with Crippen LogP contribution in [0.25, 0.3) is 5.76 Å². The fourth-order valence-corrected chi connectivity index (χ4v) is 7.29. The number of primary amides is 1. The minimum absolute atomic E-state index is 0.159. The van der Waals surface area contributed by atoms with Crippen molar-refractivity contribution in [1.82, 2.24) is 5.32 Å². The maximum absolute atomic E-state index is 14.6. The summed E-state index contributed by atoms with van der Waals surface area (Å²) >= 11 is 0. The van der Waals surface area contributed by atoms with Gasteiger partial charge in [-0.3, -0.25) is 14.4 Å². The molecule has 0 aromatic heterocycles. The number of hydrogen-bond donors (Lipinski definition) is 6. The summed E-state index contributed by atoms with van der Waals surface area (Å²) in [6.45, 7) is 3.91. The van der Waals surface area contributed by atoms with E-state index in [0.717, 1.165) is 6.07 Å². The second-order valence-electron chi connectivity index (χ2n) is 11.3. The second kappa shape index (κ2) is 9.34. The molecule has 1 aliphatic heterocycles. The summed E-state index contributed by atoms with van der Waals surface area (Å²) in [6.07, 6.45) is -4.08. The molecule has 3 aliphatic carbocycles. The zero-order chi connectivity index (χ0) is 29.5. The number of aliphatic hydroxyl groups is 3. The van der Waals surface area contributed by atoms with E-state index in [0.29, 0.717) is 25.8 Å². The zero-order valence-corrected chi connectivity index (χ0v) is 21.9. The lowest BCUT2D eigenvalue weighted by atomic mass is 9.54. The first-order valence-electron chi connectivity index (χ1n) is 13.3. The van der Waals surface area contributed by atoms with Gasteiger partial charge in [0.15, 0.2) is 11.4 Å². The van der Waals surface area contributed by atoms with Gasteiger partial charge in [0.1, 0.15) is 22.8 Å². The van der Waals surface area contributed by atoms with Gasteiger partial charge in [-0.2, -0.15) is 13.2 Å². The first-order chi connectivity index (χ1) is 18.7. The molecular weight excluding hydrogens is 533 g/mol. The van der Waals surface area contributed by atoms with Crippen LogP contribution in [0.5, 0.6) is 5.75 Å². The molecule has 40 heavy (non-hydrogen) atoms. The molecule has 7 N–H and O–H groups in total. The van der Waals surface area contributed by atoms with E-state index in [9.17, 15) is 48.0 Å². The molecule has 1 aromatic rings. The van der Waals surface area contributed by atoms with Crippen LogP contribution in [0.4, 0.5) is 13.2 Å². The number of amides is 1. The summed E-state index contributed by atoms with van der Waals surface area (Å²) < 4.78 is 43.7. The van der Waals surface area contributed by atoms with Gasteiger partial charge in [-0.15, -0.1) is 0 Å². The number of carbonyl (C=O) groups excluding carboxylic acids is 3. The molecular formula is C28H31F3N2O7. The van der Waals surface area contributed by atoms with Crippen molar-refractivity contribution in [3.05, 3.63) is 45.2 Å². The van der Waals surface area contributed by atoms with Crippen LogP contribution in [-0.4, -0.2) is 50.0 Å². The summed E-state index contributed by atoms with van der Waals surface area (Å²) in [5.74, 6) is -10.3. The Hall–Kier alpha value is -3.38. The molecule has 9 nitrogen and oxygen atoms in total. The van der Waals surface area contributed by atoms with Crippen molar-refractivity contribution in [2.75, 3.05) is 6.54 Å². The van der Waals surface area contributed by atoms with E-state index in [1.54, 1.807) is 13.8 Å². The van der Waals surface area contributed by atoms with Gasteiger partial charge in [0.2, 0.25) is 5.78 Å². The lowest BCUT2D eigenvalue weighted by Gasteiger charge is -2.50. The molecule has 1 saturated heterocycles. The largest absolute Gasteiger partial charge is 0.508 e. The highest BCUT2D eigenvalue weighted by Crippen LogP contribution is 2.56. The average Bonchev–Trinajstić information content (AvgIpc) is 3.39. The highest BCUT2D eigenvalue weighted by molar-refractivity contribution is 6.23. The minimum atomic E-state index is -4.86. The van der Waals surface area contributed by atoms with Gasteiger partial charge in [0, 0.05) is 23.5 Å². The van der Waals surface area contributed by atoms with Crippen molar-refractivity contribution < 1.29 is 48.0 Å². The summed E-state index contributed by atoms with van der Waals surface area (Å²) in [6, 6.07) is 0.270. The van der Waals surface area contributed by atoms with Gasteiger partial charge in [0.05, 0.1) is 11.1 Å². The second-order valence-corrected chi connectivity index (χ2v) is 11.3. The monoisotopic (exact) mass is 564 g/mol. The quantitative estimate of drug-likeness (QED) is 0.303. The SMILES string of the molecule is CCC(C)[C@@H]1C(=O)C(C(N)=O)=C(O)[C@@]2(O)C(=O)C3=C(O)c4c(O)cc(C5CCCN5)c(C(F)(F)F)c4C[C@H]3C[C@@H]12. The number of nitrogens with two attached hydrogens (primary N) is 1. The predicted molar refractivity (Wildman–Crippen MR) is 135 cm³/mol. The van der Waals surface area contributed by atoms with Crippen LogP contribution >= 0.6 is 0 Å². The van der Waals surface area contributed by atoms with E-state index >= 15 is 0 Å². The maximum Gasteiger partial charge on any atom is 0.417 e. The van der Waals surface area contributed by atoms with Crippen molar-refractivity contribution in [2.24, 2.45) is 29.4 Å². The normalized spacial score (nSPS) is 31.1. The fraction of sp³-hybridized carbons (Fsp3) is 0.536. The molecule has 1 heterocycles. The highest BCUT2D eigenvalue weighted by atomic mass is 19.4. The number of carbonyl (C=O) groups is 3. The Kier molecular flexibility index (Phi) is 6.57. The summed E-state index contributed by atoms with van der Waals surface area (Å²) in [7, 11) is 0. The molecule has 0 spiro atoms. The molecule has 1 saturated carbocycles. The average molecular weight is 565 g/mol. The standard InChI is InChI=1S/C28H31F3N2O7/c1-3-10(2)17-14-8-11-7-13-19(16(34)9-12(15-5-4-6-33-15)21(13)28(29,30)31)23(36)18(11)24(37)27(14,40)25(38)20(22(17)35)26(32)39/h9-11,14-15,17,33-34,36,38,40H,3-8H2,1-2H3,(H2,32,39)/t10?,11-,14-,15?,17-,27-/m0/s1. The van der Waals surface area contributed by atoms with Gasteiger partial charge in [-0.25, -0.2) is 0 Å². The number of benzene rings is 1. The Morgan fingerprint density at radius 1 is 1.25 bits per heavy atom. The number of fused-ring (bicyclic) bond motifs is 3. The number of aliphatic hydroxyl groups excluding tert-OH is 2. The molecule has 216 valence electrons. The highest BCUT2D eigenvalue weighted by Gasteiger charge is 2.64. The third kappa shape index (κ3) is 3.79. The molecule has 5 rings (SSSR count). The Morgan fingerprint density at radius 2 is 1.93 bits per heavy atom. The van der Waals surface area contributed by atoms with Gasteiger partial charge in [0.25, 0.3) is 5.91 Å². The van der Waals surface area contributed by atoms with E-state index in [4.69, 9.17) is 5.73 Å². The molecule has 4 aliphatic rings. The Balaban J connectivity index is 1.76. The number of phenols is 1. The Labute approximate surface area is 227 Å². The summed E-state index contributed by atoms with van der Waals surface area (Å²) in [4.78, 5) is 39.4. The van der Waals surface area contributed by atoms with Crippen molar-refractivity contribution in [1.29, 1.82) is 0 Å². The van der Waals surface area contributed by atoms with Crippen molar-refractivity contribution in [2.45, 2.75) is 63.8 Å². The van der Waals surface area contributed by atoms with E-state index in [2.05, 4.69) is 5.32 Å². The molecule has 1 aromatic carbocycles. The first-order valence-corrected chi connectivity index (χ1v) is 13.3. The number of aromatic hydroxyl groups is 1. The Morgan fingerprint density at radius 3 is 2.48 bits per heavy atom. The van der Waals surface area contributed by atoms with E-state index in [-0.39, 0.29) is 17.5 Å². The van der Waals surface area contributed by atoms with Crippen LogP contribution < -0.4 is 11.1 Å². The summed E-state index contributed by atoms with van der Waals surface area (Å²) in [5, 5.41) is 47.7. The third-order valence-corrected chi connectivity index (χ3v) is 9.26. The predicted octanol–water partition coefficient (Wildman–Crippen LogP) is 3.14. The van der Waals surface area contributed by atoms with E-state index in [1.807, 2.05) is 0 Å². The molecule has 6 atom stereocenters. The summed E-state index contributed by atoms with van der Waals surface area (Å²) in [5.41, 5.74) is -0.981. The molecule has 2 unspecified atom stereocenters. The zero-order valence-electron chi connectivity index (χ0n) is 21.9. The topological polar surface area (TPSA) is 170 Å². The van der Waals surface area contributed by atoms with Gasteiger partial charge in [-0.1, -0.05) is 20.3 Å². The van der Waals surface area contributed by atoms with Crippen LogP contribution in [0.2, 0.25) is 0 Å². The number of alkyl halides is 3. The smallest absolute Gasteiger partial charge is 0.417 e. The molecule has 0 bridgehead atoms. The number of phenolic OH excluding ortho intramolecular Hbond substituents is 1. The van der Waals surface area contributed by atoms with Crippen LogP contribution in [0.15, 0.2) is 23.0 Å². The third-order valence-electron chi connectivity index (χ3n) is 9.26. The van der Waals surface area contributed by atoms with Crippen molar-refractivity contribution in [3.8, 4) is 5.75 Å². The van der Waals surface area contributed by atoms with Gasteiger partial charge >= 0.3 is 6.18 Å². The fourth-order valence-electron chi connectivity index (χ4n) is 7.29. The number of Topliss-reactive ketones (excluding diaryl/α,β-unsaturated/α-hetero) is 2. The van der Waals surface area contributed by atoms with Crippen LogP contribution in [0, 0.1) is 23.7 Å². The molecule has 1 amide bonds. The number of rotatable bonds is 4. The van der Waals surface area contributed by atoms with Gasteiger partial charge < -0.3 is 31.5 Å². The maximum atomic E-state index is 14.6.